The standard InChI is InChI=1S/C14H15ClN4O2/c1-19-9-11(15)13(18-19)14(21)16-8-7-12(20)17-10-5-3-2-4-6-10/h2-6,9H,7-8H2,1H3,(H,16,21)(H,17,20). The van der Waals surface area contributed by atoms with Gasteiger partial charge in [-0.1, -0.05) is 29.8 Å². The van der Waals surface area contributed by atoms with Gasteiger partial charge in [0.2, 0.25) is 5.91 Å². The molecule has 21 heavy (non-hydrogen) atoms. The van der Waals surface area contributed by atoms with E-state index in [1.165, 1.54) is 4.68 Å². The molecule has 7 heteroatoms. The van der Waals surface area contributed by atoms with E-state index in [-0.39, 0.29) is 29.6 Å². The molecule has 0 bridgehead atoms. The molecule has 0 atom stereocenters. The SMILES string of the molecule is Cn1cc(Cl)c(C(=O)NCCC(=O)Nc2ccccc2)n1. The second kappa shape index (κ2) is 6.90. The number of aromatic nitrogens is 2. The number of carbonyl (C=O) groups excluding carboxylic acids is 2. The summed E-state index contributed by atoms with van der Waals surface area (Å²) in [5, 5.41) is 9.57. The summed E-state index contributed by atoms with van der Waals surface area (Å²) >= 11 is 5.87. The van der Waals surface area contributed by atoms with Gasteiger partial charge in [0.1, 0.15) is 0 Å². The minimum absolute atomic E-state index is 0.155. The van der Waals surface area contributed by atoms with E-state index in [9.17, 15) is 9.59 Å². The number of aryl methyl sites for hydroxylation is 1. The van der Waals surface area contributed by atoms with E-state index in [2.05, 4.69) is 15.7 Å². The maximum atomic E-state index is 11.8. The first-order chi connectivity index (χ1) is 10.1. The summed E-state index contributed by atoms with van der Waals surface area (Å²) in [7, 11) is 1.68. The molecular formula is C14H15ClN4O2. The van der Waals surface area contributed by atoms with Crippen LogP contribution < -0.4 is 10.6 Å². The maximum absolute atomic E-state index is 11.8. The number of nitrogens with one attached hydrogen (secondary N) is 2. The fraction of sp³-hybridized carbons (Fsp3) is 0.214. The molecule has 0 unspecified atom stereocenters. The molecule has 1 heterocycles. The molecule has 1 aromatic carbocycles. The topological polar surface area (TPSA) is 76.0 Å². The van der Waals surface area contributed by atoms with Crippen LogP contribution in [0.2, 0.25) is 5.02 Å². The predicted molar refractivity (Wildman–Crippen MR) is 80.2 cm³/mol. The second-order valence-corrected chi connectivity index (χ2v) is 4.83. The largest absolute Gasteiger partial charge is 0.350 e. The fourth-order valence-electron chi connectivity index (χ4n) is 1.73. The highest BCUT2D eigenvalue weighted by molar-refractivity contribution is 6.33. The van der Waals surface area contributed by atoms with Crippen LogP contribution in [0.25, 0.3) is 0 Å². The summed E-state index contributed by atoms with van der Waals surface area (Å²) < 4.78 is 1.46. The van der Waals surface area contributed by atoms with Crippen molar-refractivity contribution in [3.63, 3.8) is 0 Å². The van der Waals surface area contributed by atoms with Gasteiger partial charge in [-0.05, 0) is 12.1 Å². The molecule has 0 radical (unpaired) electrons. The Labute approximate surface area is 127 Å². The van der Waals surface area contributed by atoms with Gasteiger partial charge in [0.05, 0.1) is 5.02 Å². The number of nitrogens with zero attached hydrogens (tertiary/aromatic N) is 2. The number of benzene rings is 1. The quantitative estimate of drug-likeness (QED) is 0.885. The van der Waals surface area contributed by atoms with Gasteiger partial charge < -0.3 is 10.6 Å². The predicted octanol–water partition coefficient (Wildman–Crippen LogP) is 1.83. The number of anilines is 1. The van der Waals surface area contributed by atoms with E-state index < -0.39 is 5.91 Å². The van der Waals surface area contributed by atoms with Gasteiger partial charge in [0.15, 0.2) is 5.69 Å². The Bertz CT molecular complexity index is 640. The highest BCUT2D eigenvalue weighted by Gasteiger charge is 2.14. The zero-order valence-electron chi connectivity index (χ0n) is 11.5. The number of hydrogen-bond acceptors (Lipinski definition) is 3. The third kappa shape index (κ3) is 4.32. The number of rotatable bonds is 5. The zero-order chi connectivity index (χ0) is 15.2. The van der Waals surface area contributed by atoms with E-state index >= 15 is 0 Å². The molecule has 2 rings (SSSR count). The smallest absolute Gasteiger partial charge is 0.273 e. The van der Waals surface area contributed by atoms with Crippen LogP contribution in [0.5, 0.6) is 0 Å². The number of amides is 2. The molecule has 2 N–H and O–H groups in total. The zero-order valence-corrected chi connectivity index (χ0v) is 12.2. The van der Waals surface area contributed by atoms with Gasteiger partial charge in [0.25, 0.3) is 5.91 Å². The van der Waals surface area contributed by atoms with Gasteiger partial charge in [-0.2, -0.15) is 5.10 Å². The molecule has 2 amide bonds. The van der Waals surface area contributed by atoms with Gasteiger partial charge in [-0.15, -0.1) is 0 Å². The molecule has 0 saturated carbocycles. The summed E-state index contributed by atoms with van der Waals surface area (Å²) in [4.78, 5) is 23.5. The number of hydrogen-bond donors (Lipinski definition) is 2. The Morgan fingerprint density at radius 2 is 2.00 bits per heavy atom. The van der Waals surface area contributed by atoms with E-state index in [1.807, 2.05) is 18.2 Å². The van der Waals surface area contributed by atoms with Crippen LogP contribution in [0.4, 0.5) is 5.69 Å². The Kier molecular flexibility index (Phi) is 4.94. The number of para-hydroxylation sites is 1. The molecule has 0 aliphatic rings. The van der Waals surface area contributed by atoms with Crippen molar-refractivity contribution in [1.82, 2.24) is 15.1 Å². The van der Waals surface area contributed by atoms with Crippen molar-refractivity contribution >= 4 is 29.1 Å². The molecule has 0 aliphatic heterocycles. The molecule has 0 spiro atoms. The molecule has 1 aromatic heterocycles. The average molecular weight is 307 g/mol. The van der Waals surface area contributed by atoms with Crippen LogP contribution >= 0.6 is 11.6 Å². The van der Waals surface area contributed by atoms with Gasteiger partial charge in [-0.3, -0.25) is 14.3 Å². The van der Waals surface area contributed by atoms with Crippen LogP contribution in [0.3, 0.4) is 0 Å². The van der Waals surface area contributed by atoms with Crippen molar-refractivity contribution in [2.24, 2.45) is 7.05 Å². The van der Waals surface area contributed by atoms with E-state index in [4.69, 9.17) is 11.6 Å². The van der Waals surface area contributed by atoms with Crippen LogP contribution in [0.1, 0.15) is 16.9 Å². The molecule has 6 nitrogen and oxygen atoms in total. The molecule has 0 fully saturated rings. The van der Waals surface area contributed by atoms with Gasteiger partial charge in [-0.25, -0.2) is 0 Å². The van der Waals surface area contributed by atoms with Gasteiger partial charge in [0, 0.05) is 31.9 Å². The van der Waals surface area contributed by atoms with E-state index in [0.29, 0.717) is 0 Å². The summed E-state index contributed by atoms with van der Waals surface area (Å²) in [6.45, 7) is 0.213. The first-order valence-corrected chi connectivity index (χ1v) is 6.76. The lowest BCUT2D eigenvalue weighted by atomic mass is 10.3. The van der Waals surface area contributed by atoms with Crippen molar-refractivity contribution < 1.29 is 9.59 Å². The monoisotopic (exact) mass is 306 g/mol. The van der Waals surface area contributed by atoms with Gasteiger partial charge >= 0.3 is 0 Å². The lowest BCUT2D eigenvalue weighted by molar-refractivity contribution is -0.116. The Morgan fingerprint density at radius 3 is 2.62 bits per heavy atom. The third-order valence-electron chi connectivity index (χ3n) is 2.69. The van der Waals surface area contributed by atoms with Crippen molar-refractivity contribution in [2.75, 3.05) is 11.9 Å². The highest BCUT2D eigenvalue weighted by Crippen LogP contribution is 2.12. The van der Waals surface area contributed by atoms with E-state index in [0.717, 1.165) is 5.69 Å². The summed E-state index contributed by atoms with van der Waals surface area (Å²) in [6.07, 6.45) is 1.71. The van der Waals surface area contributed by atoms with Crippen molar-refractivity contribution in [3.8, 4) is 0 Å². The number of halogens is 1. The Hall–Kier alpha value is -2.34. The minimum atomic E-state index is -0.395. The lowest BCUT2D eigenvalue weighted by Gasteiger charge is -2.05. The minimum Gasteiger partial charge on any atom is -0.350 e. The normalized spacial score (nSPS) is 10.2. The molecule has 0 aliphatic carbocycles. The Balaban J connectivity index is 1.78. The van der Waals surface area contributed by atoms with Crippen molar-refractivity contribution in [1.29, 1.82) is 0 Å². The Morgan fingerprint density at radius 1 is 1.29 bits per heavy atom. The average Bonchev–Trinajstić information content (AvgIpc) is 2.79. The molecule has 0 saturated heterocycles. The summed E-state index contributed by atoms with van der Waals surface area (Å²) in [6, 6.07) is 9.13. The summed E-state index contributed by atoms with van der Waals surface area (Å²) in [5.74, 6) is -0.568. The molecular weight excluding hydrogens is 292 g/mol. The van der Waals surface area contributed by atoms with Crippen LogP contribution in [-0.2, 0) is 11.8 Å². The van der Waals surface area contributed by atoms with Crippen LogP contribution in [-0.4, -0.2) is 28.1 Å². The van der Waals surface area contributed by atoms with Crippen LogP contribution in [0.15, 0.2) is 36.5 Å². The third-order valence-corrected chi connectivity index (χ3v) is 2.97. The lowest BCUT2D eigenvalue weighted by Crippen LogP contribution is -2.28. The van der Waals surface area contributed by atoms with Crippen LogP contribution in [0, 0.1) is 0 Å². The number of carbonyl (C=O) groups is 2. The molecule has 110 valence electrons. The van der Waals surface area contributed by atoms with Crippen molar-refractivity contribution in [2.45, 2.75) is 6.42 Å². The maximum Gasteiger partial charge on any atom is 0.273 e. The second-order valence-electron chi connectivity index (χ2n) is 4.42. The first kappa shape index (κ1) is 15.1. The fourth-order valence-corrected chi connectivity index (χ4v) is 2.00. The highest BCUT2D eigenvalue weighted by atomic mass is 35.5. The van der Waals surface area contributed by atoms with Crippen molar-refractivity contribution in [3.05, 3.63) is 47.2 Å². The first-order valence-electron chi connectivity index (χ1n) is 6.38. The van der Waals surface area contributed by atoms with E-state index in [1.54, 1.807) is 25.4 Å². The molecule has 2 aromatic rings. The summed E-state index contributed by atoms with van der Waals surface area (Å²) in [5.41, 5.74) is 0.879.